The van der Waals surface area contributed by atoms with Crippen molar-refractivity contribution in [2.45, 2.75) is 18.6 Å². The van der Waals surface area contributed by atoms with Crippen molar-refractivity contribution in [2.75, 3.05) is 18.9 Å². The van der Waals surface area contributed by atoms with E-state index in [0.717, 1.165) is 22.8 Å². The minimum absolute atomic E-state index is 0.0415. The van der Waals surface area contributed by atoms with Gasteiger partial charge in [-0.3, -0.25) is 4.79 Å². The van der Waals surface area contributed by atoms with E-state index in [0.29, 0.717) is 41.1 Å². The molecule has 0 bridgehead atoms. The van der Waals surface area contributed by atoms with Gasteiger partial charge in [-0.25, -0.2) is 0 Å². The van der Waals surface area contributed by atoms with Crippen LogP contribution in [0.15, 0.2) is 42.5 Å². The quantitative estimate of drug-likeness (QED) is 0.478. The number of rotatable bonds is 10. The first kappa shape index (κ1) is 21.2. The molecular weight excluding hydrogens is 413 g/mol. The smallest absolute Gasteiger partial charge is 0.220 e. The van der Waals surface area contributed by atoms with Gasteiger partial charge in [0, 0.05) is 29.5 Å². The Hall–Kier alpha value is -1.07. The van der Waals surface area contributed by atoms with E-state index in [1.807, 2.05) is 24.3 Å². The molecule has 3 nitrogen and oxygen atoms in total. The Balaban J connectivity index is 1.50. The lowest BCUT2D eigenvalue weighted by molar-refractivity contribution is -0.121. The van der Waals surface area contributed by atoms with Gasteiger partial charge in [-0.05, 0) is 48.4 Å². The minimum Gasteiger partial charge on any atom is -0.494 e. The number of hydrogen-bond acceptors (Lipinski definition) is 3. The van der Waals surface area contributed by atoms with Crippen LogP contribution in [0.5, 0.6) is 5.75 Å². The fourth-order valence-corrected chi connectivity index (χ4v) is 3.38. The Morgan fingerprint density at radius 3 is 2.54 bits per heavy atom. The maximum Gasteiger partial charge on any atom is 0.220 e. The Labute approximate surface area is 173 Å². The molecule has 2 aromatic carbocycles. The molecule has 0 fully saturated rings. The molecule has 0 heterocycles. The molecule has 140 valence electrons. The molecule has 0 aliphatic heterocycles. The zero-order valence-electron chi connectivity index (χ0n) is 14.1. The molecule has 0 aromatic heterocycles. The van der Waals surface area contributed by atoms with Crippen molar-refractivity contribution in [3.8, 4) is 5.75 Å². The molecule has 0 radical (unpaired) electrons. The van der Waals surface area contributed by atoms with Crippen molar-refractivity contribution in [1.82, 2.24) is 5.32 Å². The lowest BCUT2D eigenvalue weighted by Crippen LogP contribution is -2.25. The molecule has 0 aliphatic carbocycles. The first-order chi connectivity index (χ1) is 12.5. The molecular formula is C19H20Cl3NO2S. The molecule has 0 atom stereocenters. The van der Waals surface area contributed by atoms with Gasteiger partial charge in [0.2, 0.25) is 5.91 Å². The average Bonchev–Trinajstić information content (AvgIpc) is 2.63. The Kier molecular flexibility index (Phi) is 9.48. The predicted octanol–water partition coefficient (Wildman–Crippen LogP) is 5.86. The van der Waals surface area contributed by atoms with Crippen LogP contribution in [0.1, 0.15) is 18.4 Å². The van der Waals surface area contributed by atoms with Crippen LogP contribution >= 0.6 is 46.6 Å². The van der Waals surface area contributed by atoms with Crippen LogP contribution in [0.3, 0.4) is 0 Å². The molecule has 0 saturated carbocycles. The van der Waals surface area contributed by atoms with Crippen LogP contribution in [0.25, 0.3) is 0 Å². The summed E-state index contributed by atoms with van der Waals surface area (Å²) in [5, 5.41) is 4.72. The summed E-state index contributed by atoms with van der Waals surface area (Å²) in [7, 11) is 0. The third kappa shape index (κ3) is 8.09. The van der Waals surface area contributed by atoms with Crippen molar-refractivity contribution in [2.24, 2.45) is 0 Å². The van der Waals surface area contributed by atoms with Gasteiger partial charge >= 0.3 is 0 Å². The van der Waals surface area contributed by atoms with Crippen molar-refractivity contribution in [3.63, 3.8) is 0 Å². The van der Waals surface area contributed by atoms with Crippen LogP contribution in [0.4, 0.5) is 0 Å². The van der Waals surface area contributed by atoms with Crippen molar-refractivity contribution >= 4 is 52.5 Å². The van der Waals surface area contributed by atoms with Gasteiger partial charge in [0.15, 0.2) is 0 Å². The van der Waals surface area contributed by atoms with Crippen LogP contribution in [0, 0.1) is 0 Å². The zero-order chi connectivity index (χ0) is 18.8. The van der Waals surface area contributed by atoms with E-state index in [2.05, 4.69) is 5.32 Å². The maximum atomic E-state index is 11.8. The summed E-state index contributed by atoms with van der Waals surface area (Å²) in [6.45, 7) is 1.14. The van der Waals surface area contributed by atoms with Gasteiger partial charge in [0.05, 0.1) is 16.7 Å². The summed E-state index contributed by atoms with van der Waals surface area (Å²) >= 11 is 19.4. The van der Waals surface area contributed by atoms with Crippen molar-refractivity contribution in [3.05, 3.63) is 63.1 Å². The molecule has 2 rings (SSSR count). The number of benzene rings is 2. The van der Waals surface area contributed by atoms with E-state index >= 15 is 0 Å². The number of carbonyl (C=O) groups is 1. The second-order valence-corrected chi connectivity index (χ2v) is 7.91. The highest BCUT2D eigenvalue weighted by atomic mass is 35.5. The normalized spacial score (nSPS) is 10.6. The summed E-state index contributed by atoms with van der Waals surface area (Å²) in [6.07, 6.45) is 1.12. The van der Waals surface area contributed by atoms with Crippen molar-refractivity contribution in [1.29, 1.82) is 0 Å². The largest absolute Gasteiger partial charge is 0.494 e. The van der Waals surface area contributed by atoms with E-state index in [4.69, 9.17) is 39.5 Å². The Morgan fingerprint density at radius 1 is 1.04 bits per heavy atom. The van der Waals surface area contributed by atoms with E-state index < -0.39 is 0 Å². The SMILES string of the molecule is O=C(CCCOc1ccc(Cl)cc1)NCCSCc1ccc(Cl)c(Cl)c1. The second-order valence-electron chi connectivity index (χ2n) is 5.56. The first-order valence-corrected chi connectivity index (χ1v) is 10.5. The number of ether oxygens (including phenoxy) is 1. The zero-order valence-corrected chi connectivity index (χ0v) is 17.2. The van der Waals surface area contributed by atoms with Gasteiger partial charge in [-0.2, -0.15) is 11.8 Å². The molecule has 0 saturated heterocycles. The standard InChI is InChI=1S/C19H20Cl3NO2S/c20-15-4-6-16(7-5-15)25-10-1-2-19(24)23-9-11-26-13-14-3-8-17(21)18(22)12-14/h3-8,12H,1-2,9-11,13H2,(H,23,24). The molecule has 1 amide bonds. The van der Waals surface area contributed by atoms with Gasteiger partial charge in [0.1, 0.15) is 5.75 Å². The van der Waals surface area contributed by atoms with E-state index in [1.54, 1.807) is 30.0 Å². The van der Waals surface area contributed by atoms with Crippen molar-refractivity contribution < 1.29 is 9.53 Å². The van der Waals surface area contributed by atoms with Gasteiger partial charge in [-0.1, -0.05) is 40.9 Å². The van der Waals surface area contributed by atoms with Gasteiger partial charge in [0.25, 0.3) is 0 Å². The van der Waals surface area contributed by atoms with Crippen LogP contribution in [-0.2, 0) is 10.5 Å². The molecule has 0 aliphatic rings. The molecule has 7 heteroatoms. The molecule has 2 aromatic rings. The average molecular weight is 433 g/mol. The van der Waals surface area contributed by atoms with E-state index in [9.17, 15) is 4.79 Å². The summed E-state index contributed by atoms with van der Waals surface area (Å²) in [4.78, 5) is 11.8. The number of nitrogens with one attached hydrogen (secondary N) is 1. The Morgan fingerprint density at radius 2 is 1.81 bits per heavy atom. The third-order valence-electron chi connectivity index (χ3n) is 3.45. The van der Waals surface area contributed by atoms with E-state index in [-0.39, 0.29) is 5.91 Å². The highest BCUT2D eigenvalue weighted by molar-refractivity contribution is 7.98. The lowest BCUT2D eigenvalue weighted by atomic mass is 10.2. The maximum absolute atomic E-state index is 11.8. The molecule has 26 heavy (non-hydrogen) atoms. The molecule has 0 spiro atoms. The van der Waals surface area contributed by atoms with Crippen LogP contribution < -0.4 is 10.1 Å². The predicted molar refractivity (Wildman–Crippen MR) is 112 cm³/mol. The van der Waals surface area contributed by atoms with Gasteiger partial charge < -0.3 is 10.1 Å². The summed E-state index contributed by atoms with van der Waals surface area (Å²) in [5.41, 5.74) is 1.12. The number of carbonyl (C=O) groups excluding carboxylic acids is 1. The molecule has 1 N–H and O–H groups in total. The number of thioether (sulfide) groups is 1. The highest BCUT2D eigenvalue weighted by Gasteiger charge is 2.03. The number of halogens is 3. The molecule has 0 unspecified atom stereocenters. The van der Waals surface area contributed by atoms with Crippen LogP contribution in [0.2, 0.25) is 15.1 Å². The third-order valence-corrected chi connectivity index (χ3v) is 5.47. The fourth-order valence-electron chi connectivity index (χ4n) is 2.12. The monoisotopic (exact) mass is 431 g/mol. The summed E-state index contributed by atoms with van der Waals surface area (Å²) in [5.74, 6) is 2.47. The fraction of sp³-hybridized carbons (Fsp3) is 0.316. The second kappa shape index (κ2) is 11.6. The number of hydrogen-bond donors (Lipinski definition) is 1. The number of amides is 1. The minimum atomic E-state index is 0.0415. The van der Waals surface area contributed by atoms with Crippen LogP contribution in [-0.4, -0.2) is 24.8 Å². The Bertz CT molecular complexity index is 710. The van der Waals surface area contributed by atoms with E-state index in [1.165, 1.54) is 0 Å². The summed E-state index contributed by atoms with van der Waals surface area (Å²) < 4.78 is 5.56. The summed E-state index contributed by atoms with van der Waals surface area (Å²) in [6, 6.07) is 12.8. The highest BCUT2D eigenvalue weighted by Crippen LogP contribution is 2.24. The lowest BCUT2D eigenvalue weighted by Gasteiger charge is -2.07. The first-order valence-electron chi connectivity index (χ1n) is 8.21. The topological polar surface area (TPSA) is 38.3 Å². The van der Waals surface area contributed by atoms with Gasteiger partial charge in [-0.15, -0.1) is 0 Å².